The summed E-state index contributed by atoms with van der Waals surface area (Å²) < 4.78 is 5.74. The predicted octanol–water partition coefficient (Wildman–Crippen LogP) is 5.15. The van der Waals surface area contributed by atoms with Crippen LogP contribution in [0.25, 0.3) is 11.3 Å². The number of nitrogens with one attached hydrogen (secondary N) is 2. The number of aromatic amines is 1. The summed E-state index contributed by atoms with van der Waals surface area (Å²) in [5.41, 5.74) is 2.73. The summed E-state index contributed by atoms with van der Waals surface area (Å²) in [6.07, 6.45) is 0. The molecule has 0 aliphatic heterocycles. The summed E-state index contributed by atoms with van der Waals surface area (Å²) >= 11 is 6.12. The average molecular weight is 392 g/mol. The highest BCUT2D eigenvalue weighted by Crippen LogP contribution is 2.24. The van der Waals surface area contributed by atoms with E-state index in [-0.39, 0.29) is 6.61 Å². The summed E-state index contributed by atoms with van der Waals surface area (Å²) in [7, 11) is 0. The molecule has 4 rings (SSSR count). The molecule has 0 fully saturated rings. The van der Waals surface area contributed by atoms with Gasteiger partial charge in [0.15, 0.2) is 5.82 Å². The first-order valence-corrected chi connectivity index (χ1v) is 9.15. The molecule has 2 heterocycles. The Labute approximate surface area is 167 Å². The number of anilines is 2. The number of rotatable bonds is 6. The van der Waals surface area contributed by atoms with Crippen molar-refractivity contribution in [1.82, 2.24) is 20.2 Å². The molecule has 0 saturated heterocycles. The summed E-state index contributed by atoms with van der Waals surface area (Å²) in [5, 5.41) is 11.1. The fourth-order valence-corrected chi connectivity index (χ4v) is 2.93. The van der Waals surface area contributed by atoms with Crippen LogP contribution in [0, 0.1) is 6.92 Å². The number of halogens is 1. The number of nitrogens with zero attached hydrogens (tertiary/aromatic N) is 3. The molecule has 0 unspecified atom stereocenters. The molecule has 7 heteroatoms. The second kappa shape index (κ2) is 8.10. The molecule has 0 aliphatic rings. The topological polar surface area (TPSA) is 75.7 Å². The Hall–Kier alpha value is -3.38. The molecule has 0 atom stereocenters. The third-order valence-corrected chi connectivity index (χ3v) is 4.32. The van der Waals surface area contributed by atoms with Gasteiger partial charge in [-0.3, -0.25) is 5.10 Å². The van der Waals surface area contributed by atoms with Crippen LogP contribution in [0.5, 0.6) is 5.75 Å². The van der Waals surface area contributed by atoms with Gasteiger partial charge in [-0.25, -0.2) is 9.97 Å². The Balaban J connectivity index is 1.48. The van der Waals surface area contributed by atoms with Crippen molar-refractivity contribution in [2.45, 2.75) is 13.5 Å². The van der Waals surface area contributed by atoms with Crippen molar-refractivity contribution >= 4 is 23.2 Å². The lowest BCUT2D eigenvalue weighted by Crippen LogP contribution is -2.05. The number of ether oxygens (including phenoxy) is 1. The lowest BCUT2D eigenvalue weighted by atomic mass is 10.2. The van der Waals surface area contributed by atoms with E-state index in [2.05, 4.69) is 25.5 Å². The molecule has 0 radical (unpaired) electrons. The van der Waals surface area contributed by atoms with Gasteiger partial charge in [0.05, 0.1) is 10.7 Å². The Kier molecular flexibility index (Phi) is 5.21. The summed E-state index contributed by atoms with van der Waals surface area (Å²) in [6, 6.07) is 21.1. The van der Waals surface area contributed by atoms with E-state index in [9.17, 15) is 0 Å². The van der Waals surface area contributed by atoms with Gasteiger partial charge in [-0.1, -0.05) is 54.1 Å². The number of hydrogen-bond acceptors (Lipinski definition) is 5. The molecular formula is C21H18ClN5O. The van der Waals surface area contributed by atoms with Crippen LogP contribution in [0.4, 0.5) is 11.6 Å². The number of H-pyrrole nitrogens is 1. The summed E-state index contributed by atoms with van der Waals surface area (Å²) in [6.45, 7) is 2.13. The van der Waals surface area contributed by atoms with Gasteiger partial charge in [0.25, 0.3) is 0 Å². The van der Waals surface area contributed by atoms with Gasteiger partial charge in [-0.05, 0) is 19.1 Å². The van der Waals surface area contributed by atoms with Crippen LogP contribution in [0.1, 0.15) is 11.5 Å². The monoisotopic (exact) mass is 391 g/mol. The largest absolute Gasteiger partial charge is 0.484 e. The lowest BCUT2D eigenvalue weighted by Gasteiger charge is -2.09. The van der Waals surface area contributed by atoms with E-state index in [1.807, 2.05) is 67.6 Å². The van der Waals surface area contributed by atoms with E-state index < -0.39 is 0 Å². The van der Waals surface area contributed by atoms with Gasteiger partial charge in [-0.2, -0.15) is 5.10 Å². The second-order valence-electron chi connectivity index (χ2n) is 6.19. The van der Waals surface area contributed by atoms with E-state index in [1.54, 1.807) is 6.07 Å². The third kappa shape index (κ3) is 4.29. The highest BCUT2D eigenvalue weighted by atomic mass is 35.5. The number of hydrogen-bond donors (Lipinski definition) is 2. The lowest BCUT2D eigenvalue weighted by molar-refractivity contribution is 0.296. The van der Waals surface area contributed by atoms with E-state index in [4.69, 9.17) is 16.3 Å². The Bertz CT molecular complexity index is 1080. The Morgan fingerprint density at radius 3 is 2.61 bits per heavy atom. The molecule has 28 heavy (non-hydrogen) atoms. The molecule has 2 aromatic carbocycles. The third-order valence-electron chi connectivity index (χ3n) is 4.00. The molecule has 0 aliphatic carbocycles. The van der Waals surface area contributed by atoms with Crippen LogP contribution in [0.3, 0.4) is 0 Å². The van der Waals surface area contributed by atoms with Gasteiger partial charge < -0.3 is 10.1 Å². The van der Waals surface area contributed by atoms with Gasteiger partial charge in [0.1, 0.15) is 24.0 Å². The summed E-state index contributed by atoms with van der Waals surface area (Å²) in [5.74, 6) is 2.57. The summed E-state index contributed by atoms with van der Waals surface area (Å²) in [4.78, 5) is 8.95. The molecule has 6 nitrogen and oxygen atoms in total. The normalized spacial score (nSPS) is 10.6. The zero-order valence-corrected chi connectivity index (χ0v) is 15.9. The van der Waals surface area contributed by atoms with Crippen LogP contribution in [-0.2, 0) is 6.61 Å². The first-order chi connectivity index (χ1) is 13.7. The minimum Gasteiger partial charge on any atom is -0.484 e. The number of para-hydroxylation sites is 1. The minimum atomic E-state index is 0.221. The Morgan fingerprint density at radius 1 is 1.00 bits per heavy atom. The molecule has 0 saturated carbocycles. The molecule has 2 N–H and O–H groups in total. The van der Waals surface area contributed by atoms with Crippen LogP contribution in [0.2, 0.25) is 5.02 Å². The Morgan fingerprint density at radius 2 is 1.79 bits per heavy atom. The van der Waals surface area contributed by atoms with Crippen LogP contribution >= 0.6 is 11.6 Å². The zero-order chi connectivity index (χ0) is 19.3. The number of benzene rings is 2. The SMILES string of the molecule is Cc1cc(Nc2cc(-c3ccccc3)n[nH]2)nc(COc2ccccc2Cl)n1. The molecule has 140 valence electrons. The maximum atomic E-state index is 6.12. The molecule has 2 aromatic heterocycles. The van der Waals surface area contributed by atoms with Crippen molar-refractivity contribution in [2.24, 2.45) is 0 Å². The van der Waals surface area contributed by atoms with Crippen molar-refractivity contribution < 1.29 is 4.74 Å². The van der Waals surface area contributed by atoms with Crippen molar-refractivity contribution in [1.29, 1.82) is 0 Å². The molecule has 0 amide bonds. The zero-order valence-electron chi connectivity index (χ0n) is 15.2. The molecular weight excluding hydrogens is 374 g/mol. The molecule has 0 bridgehead atoms. The average Bonchev–Trinajstić information content (AvgIpc) is 3.16. The van der Waals surface area contributed by atoms with Crippen LogP contribution in [0.15, 0.2) is 66.7 Å². The fraction of sp³-hybridized carbons (Fsp3) is 0.0952. The first-order valence-electron chi connectivity index (χ1n) is 8.77. The smallest absolute Gasteiger partial charge is 0.168 e. The maximum Gasteiger partial charge on any atom is 0.168 e. The predicted molar refractivity (Wildman–Crippen MR) is 110 cm³/mol. The van der Waals surface area contributed by atoms with Gasteiger partial charge >= 0.3 is 0 Å². The molecule has 4 aromatic rings. The van der Waals surface area contributed by atoms with E-state index in [0.29, 0.717) is 22.4 Å². The highest BCUT2D eigenvalue weighted by Gasteiger charge is 2.08. The van der Waals surface area contributed by atoms with Gasteiger partial charge in [0, 0.05) is 23.4 Å². The second-order valence-corrected chi connectivity index (χ2v) is 6.59. The highest BCUT2D eigenvalue weighted by molar-refractivity contribution is 6.32. The number of aromatic nitrogens is 4. The van der Waals surface area contributed by atoms with E-state index in [0.717, 1.165) is 22.8 Å². The van der Waals surface area contributed by atoms with Crippen molar-refractivity contribution in [3.05, 3.63) is 83.3 Å². The number of aryl methyl sites for hydroxylation is 1. The van der Waals surface area contributed by atoms with Crippen molar-refractivity contribution in [2.75, 3.05) is 5.32 Å². The minimum absolute atomic E-state index is 0.221. The quantitative estimate of drug-likeness (QED) is 0.475. The van der Waals surface area contributed by atoms with Gasteiger partial charge in [-0.15, -0.1) is 0 Å². The van der Waals surface area contributed by atoms with E-state index >= 15 is 0 Å². The molecule has 0 spiro atoms. The van der Waals surface area contributed by atoms with Crippen LogP contribution in [-0.4, -0.2) is 20.2 Å². The van der Waals surface area contributed by atoms with Crippen LogP contribution < -0.4 is 10.1 Å². The first kappa shape index (κ1) is 18.0. The fourth-order valence-electron chi connectivity index (χ4n) is 2.74. The maximum absolute atomic E-state index is 6.12. The van der Waals surface area contributed by atoms with Crippen molar-refractivity contribution in [3.63, 3.8) is 0 Å². The van der Waals surface area contributed by atoms with Crippen molar-refractivity contribution in [3.8, 4) is 17.0 Å². The van der Waals surface area contributed by atoms with Gasteiger partial charge in [0.2, 0.25) is 0 Å². The van der Waals surface area contributed by atoms with E-state index in [1.165, 1.54) is 0 Å². The standard InChI is InChI=1S/C21H18ClN5O/c1-14-11-19(24-20-12-17(26-27-20)15-7-3-2-4-8-15)25-21(23-14)13-28-18-10-6-5-9-16(18)22/h2-12H,13H2,1H3,(H2,23,24,25,26,27).